The number of rotatable bonds is 2. The number of aliphatic carboxylic acids is 1. The van der Waals surface area contributed by atoms with Gasteiger partial charge in [-0.2, -0.15) is 13.2 Å². The zero-order chi connectivity index (χ0) is 14.9. The van der Waals surface area contributed by atoms with Crippen molar-refractivity contribution in [1.29, 1.82) is 0 Å². The number of nitrogens with zero attached hydrogens (tertiary/aromatic N) is 2. The smallest absolute Gasteiger partial charge is 0.471 e. The van der Waals surface area contributed by atoms with Crippen molar-refractivity contribution in [3.8, 4) is 0 Å². The standard InChI is InChI=1S/C11H9F3N2O3S/c12-11(13,14)10(19)16-7(9(17)18)5-20-8(16)6-3-1-2-4-15-6/h1-4,7-8H,5H2,(H,17,18). The Hall–Kier alpha value is -1.77. The summed E-state index contributed by atoms with van der Waals surface area (Å²) in [5.74, 6) is -3.74. The number of aromatic nitrogens is 1. The molecule has 0 saturated carbocycles. The third-order valence-electron chi connectivity index (χ3n) is 2.70. The van der Waals surface area contributed by atoms with Gasteiger partial charge in [0, 0.05) is 11.9 Å². The van der Waals surface area contributed by atoms with Crippen molar-refractivity contribution < 1.29 is 27.9 Å². The maximum atomic E-state index is 12.6. The summed E-state index contributed by atoms with van der Waals surface area (Å²) in [6.45, 7) is 0. The van der Waals surface area contributed by atoms with Gasteiger partial charge in [0.2, 0.25) is 0 Å². The number of carboxylic acids is 1. The fourth-order valence-electron chi connectivity index (χ4n) is 1.84. The average Bonchev–Trinajstić information content (AvgIpc) is 2.82. The van der Waals surface area contributed by atoms with Crippen LogP contribution >= 0.6 is 11.8 Å². The lowest BCUT2D eigenvalue weighted by Gasteiger charge is -2.27. The summed E-state index contributed by atoms with van der Waals surface area (Å²) in [6, 6.07) is 3.08. The molecule has 0 bridgehead atoms. The molecule has 1 aliphatic heterocycles. The van der Waals surface area contributed by atoms with Gasteiger partial charge in [0.1, 0.15) is 11.4 Å². The van der Waals surface area contributed by atoms with Crippen LogP contribution in [0.4, 0.5) is 13.2 Å². The molecule has 0 aliphatic carbocycles. The topological polar surface area (TPSA) is 70.5 Å². The van der Waals surface area contributed by atoms with Crippen molar-refractivity contribution in [1.82, 2.24) is 9.88 Å². The summed E-state index contributed by atoms with van der Waals surface area (Å²) in [5.41, 5.74) is 0.221. The number of alkyl halides is 3. The molecule has 1 N–H and O–H groups in total. The predicted molar refractivity (Wildman–Crippen MR) is 63.8 cm³/mol. The van der Waals surface area contributed by atoms with Gasteiger partial charge >= 0.3 is 18.1 Å². The molecule has 108 valence electrons. The number of carboxylic acid groups (broad SMARTS) is 1. The summed E-state index contributed by atoms with van der Waals surface area (Å²) in [5, 5.41) is 7.92. The van der Waals surface area contributed by atoms with E-state index in [9.17, 15) is 22.8 Å². The van der Waals surface area contributed by atoms with E-state index in [1.807, 2.05) is 0 Å². The Balaban J connectivity index is 2.38. The van der Waals surface area contributed by atoms with Crippen molar-refractivity contribution in [3.05, 3.63) is 30.1 Å². The molecule has 2 unspecified atom stereocenters. The minimum Gasteiger partial charge on any atom is -0.480 e. The second-order valence-electron chi connectivity index (χ2n) is 4.00. The number of hydrogen-bond donors (Lipinski definition) is 1. The van der Waals surface area contributed by atoms with Gasteiger partial charge in [-0.05, 0) is 12.1 Å². The lowest BCUT2D eigenvalue weighted by Crippen LogP contribution is -2.48. The van der Waals surface area contributed by atoms with Crippen LogP contribution in [0.15, 0.2) is 24.4 Å². The maximum Gasteiger partial charge on any atom is 0.471 e. The van der Waals surface area contributed by atoms with Gasteiger partial charge in [0.05, 0.1) is 5.69 Å². The lowest BCUT2D eigenvalue weighted by molar-refractivity contribution is -0.189. The van der Waals surface area contributed by atoms with Crippen LogP contribution < -0.4 is 0 Å². The molecular weight excluding hydrogens is 297 g/mol. The molecule has 1 amide bonds. The molecule has 1 saturated heterocycles. The zero-order valence-corrected chi connectivity index (χ0v) is 10.7. The first-order valence-corrected chi connectivity index (χ1v) is 6.52. The van der Waals surface area contributed by atoms with Gasteiger partial charge in [0.15, 0.2) is 0 Å². The van der Waals surface area contributed by atoms with E-state index in [-0.39, 0.29) is 11.4 Å². The maximum absolute atomic E-state index is 12.6. The van der Waals surface area contributed by atoms with Crippen LogP contribution in [0.1, 0.15) is 11.1 Å². The average molecular weight is 306 g/mol. The van der Waals surface area contributed by atoms with E-state index in [2.05, 4.69) is 4.98 Å². The Kier molecular flexibility index (Phi) is 3.89. The first-order valence-electron chi connectivity index (χ1n) is 5.47. The molecule has 1 fully saturated rings. The lowest BCUT2D eigenvalue weighted by atomic mass is 10.2. The number of carbonyl (C=O) groups is 2. The second-order valence-corrected chi connectivity index (χ2v) is 5.12. The second kappa shape index (κ2) is 5.31. The largest absolute Gasteiger partial charge is 0.480 e. The Morgan fingerprint density at radius 1 is 1.40 bits per heavy atom. The van der Waals surface area contributed by atoms with Crippen molar-refractivity contribution in [2.45, 2.75) is 17.6 Å². The third kappa shape index (κ3) is 2.72. The Morgan fingerprint density at radius 3 is 2.60 bits per heavy atom. The molecule has 5 nitrogen and oxygen atoms in total. The molecule has 0 radical (unpaired) electrons. The number of thioether (sulfide) groups is 1. The van der Waals surface area contributed by atoms with Crippen LogP contribution in [0.3, 0.4) is 0 Å². The fraction of sp³-hybridized carbons (Fsp3) is 0.364. The number of pyridine rings is 1. The molecule has 2 heterocycles. The van der Waals surface area contributed by atoms with Crippen LogP contribution in [-0.4, -0.2) is 44.8 Å². The van der Waals surface area contributed by atoms with Gasteiger partial charge < -0.3 is 10.0 Å². The van der Waals surface area contributed by atoms with E-state index < -0.39 is 29.5 Å². The van der Waals surface area contributed by atoms with E-state index >= 15 is 0 Å². The summed E-state index contributed by atoms with van der Waals surface area (Å²) in [4.78, 5) is 26.7. The van der Waals surface area contributed by atoms with Crippen molar-refractivity contribution >= 4 is 23.6 Å². The molecular formula is C11H9F3N2O3S. The fourth-order valence-corrected chi connectivity index (χ4v) is 3.22. The minimum atomic E-state index is -5.12. The van der Waals surface area contributed by atoms with Crippen molar-refractivity contribution in [2.24, 2.45) is 0 Å². The first-order chi connectivity index (χ1) is 9.32. The van der Waals surface area contributed by atoms with Crippen LogP contribution in [-0.2, 0) is 9.59 Å². The number of hydrogen-bond acceptors (Lipinski definition) is 4. The van der Waals surface area contributed by atoms with Gasteiger partial charge in [-0.3, -0.25) is 9.78 Å². The van der Waals surface area contributed by atoms with Crippen LogP contribution in [0, 0.1) is 0 Å². The molecule has 20 heavy (non-hydrogen) atoms. The summed E-state index contributed by atoms with van der Waals surface area (Å²) < 4.78 is 37.8. The molecule has 1 aliphatic rings. The Bertz CT molecular complexity index is 523. The number of halogens is 3. The van der Waals surface area contributed by atoms with E-state index in [4.69, 9.17) is 5.11 Å². The van der Waals surface area contributed by atoms with Crippen molar-refractivity contribution in [2.75, 3.05) is 5.75 Å². The molecule has 2 rings (SSSR count). The zero-order valence-electron chi connectivity index (χ0n) is 9.87. The van der Waals surface area contributed by atoms with Crippen LogP contribution in [0.2, 0.25) is 0 Å². The number of amides is 1. The molecule has 1 aromatic rings. The monoisotopic (exact) mass is 306 g/mol. The summed E-state index contributed by atoms with van der Waals surface area (Å²) in [7, 11) is 0. The molecule has 0 spiro atoms. The minimum absolute atomic E-state index is 0.113. The SMILES string of the molecule is O=C(O)C1CSC(c2ccccn2)N1C(=O)C(F)(F)F. The summed E-state index contributed by atoms with van der Waals surface area (Å²) in [6.07, 6.45) is -3.74. The van der Waals surface area contributed by atoms with Crippen LogP contribution in [0.25, 0.3) is 0 Å². The Morgan fingerprint density at radius 2 is 2.10 bits per heavy atom. The van der Waals surface area contributed by atoms with Gasteiger partial charge in [-0.25, -0.2) is 4.79 Å². The van der Waals surface area contributed by atoms with E-state index in [0.717, 1.165) is 11.8 Å². The highest BCUT2D eigenvalue weighted by molar-refractivity contribution is 7.99. The summed E-state index contributed by atoms with van der Waals surface area (Å²) >= 11 is 0.946. The third-order valence-corrected chi connectivity index (χ3v) is 4.00. The molecule has 9 heteroatoms. The first kappa shape index (κ1) is 14.6. The Labute approximate surface area is 115 Å². The molecule has 2 atom stereocenters. The molecule has 1 aromatic heterocycles. The molecule has 0 aromatic carbocycles. The normalized spacial score (nSPS) is 22.9. The van der Waals surface area contributed by atoms with Crippen molar-refractivity contribution in [3.63, 3.8) is 0 Å². The number of carbonyl (C=O) groups excluding carboxylic acids is 1. The van der Waals surface area contributed by atoms with Gasteiger partial charge in [-0.1, -0.05) is 6.07 Å². The van der Waals surface area contributed by atoms with E-state index in [1.54, 1.807) is 12.1 Å². The van der Waals surface area contributed by atoms with E-state index in [0.29, 0.717) is 4.90 Å². The highest BCUT2D eigenvalue weighted by Crippen LogP contribution is 2.42. The van der Waals surface area contributed by atoms with Gasteiger partial charge in [-0.15, -0.1) is 11.8 Å². The predicted octanol–water partition coefficient (Wildman–Crippen LogP) is 1.67. The van der Waals surface area contributed by atoms with E-state index in [1.165, 1.54) is 12.3 Å². The van der Waals surface area contributed by atoms with Crippen LogP contribution in [0.5, 0.6) is 0 Å². The highest BCUT2D eigenvalue weighted by Gasteiger charge is 2.52. The highest BCUT2D eigenvalue weighted by atomic mass is 32.2. The quantitative estimate of drug-likeness (QED) is 0.900. The van der Waals surface area contributed by atoms with Gasteiger partial charge in [0.25, 0.3) is 0 Å².